The molecule has 0 spiro atoms. The lowest BCUT2D eigenvalue weighted by Crippen LogP contribution is -2.29. The van der Waals surface area contributed by atoms with Gasteiger partial charge < -0.3 is 15.3 Å². The van der Waals surface area contributed by atoms with E-state index in [1.807, 2.05) is 6.92 Å². The van der Waals surface area contributed by atoms with Gasteiger partial charge in [-0.1, -0.05) is 11.6 Å². The Morgan fingerprint density at radius 1 is 1.65 bits per heavy atom. The Morgan fingerprint density at radius 2 is 2.45 bits per heavy atom. The number of aliphatic hydroxyl groups excluding tert-OH is 1. The summed E-state index contributed by atoms with van der Waals surface area (Å²) in [6.45, 7) is 4.29. The second-order valence-corrected chi connectivity index (χ2v) is 5.41. The van der Waals surface area contributed by atoms with Crippen LogP contribution in [0.5, 0.6) is 0 Å². The molecule has 2 N–H and O–H groups in total. The molecule has 1 amide bonds. The maximum absolute atomic E-state index is 12.5. The van der Waals surface area contributed by atoms with Gasteiger partial charge in [-0.2, -0.15) is 0 Å². The standard InChI is InChI=1S/C14H20ClN3O2/c1-2-16-13-7-11(12(15)8-17-13)14(20)18-5-3-10(9-18)4-6-19/h7-8,10,19H,2-6,9H2,1H3,(H,16,17). The summed E-state index contributed by atoms with van der Waals surface area (Å²) in [5.74, 6) is 0.987. The Morgan fingerprint density at radius 3 is 3.15 bits per heavy atom. The average molecular weight is 298 g/mol. The van der Waals surface area contributed by atoms with Gasteiger partial charge in [0.2, 0.25) is 0 Å². The van der Waals surface area contributed by atoms with E-state index >= 15 is 0 Å². The lowest BCUT2D eigenvalue weighted by Gasteiger charge is -2.17. The molecule has 1 atom stereocenters. The van der Waals surface area contributed by atoms with Gasteiger partial charge in [-0.05, 0) is 31.7 Å². The van der Waals surface area contributed by atoms with Gasteiger partial charge >= 0.3 is 0 Å². The van der Waals surface area contributed by atoms with Crippen molar-refractivity contribution in [1.29, 1.82) is 0 Å². The maximum Gasteiger partial charge on any atom is 0.255 e. The SMILES string of the molecule is CCNc1cc(C(=O)N2CCC(CCO)C2)c(Cl)cn1. The summed E-state index contributed by atoms with van der Waals surface area (Å²) in [5.41, 5.74) is 0.488. The minimum Gasteiger partial charge on any atom is -0.396 e. The predicted molar refractivity (Wildman–Crippen MR) is 79.1 cm³/mol. The number of pyridine rings is 1. The lowest BCUT2D eigenvalue weighted by atomic mass is 10.1. The summed E-state index contributed by atoms with van der Waals surface area (Å²) in [5, 5.41) is 12.4. The van der Waals surface area contributed by atoms with Crippen LogP contribution >= 0.6 is 11.6 Å². The molecule has 2 heterocycles. The first-order chi connectivity index (χ1) is 9.65. The summed E-state index contributed by atoms with van der Waals surface area (Å²) in [6, 6.07) is 1.70. The maximum atomic E-state index is 12.5. The van der Waals surface area contributed by atoms with Crippen LogP contribution in [0.15, 0.2) is 12.3 Å². The average Bonchev–Trinajstić information content (AvgIpc) is 2.89. The van der Waals surface area contributed by atoms with Crippen LogP contribution in [0.1, 0.15) is 30.1 Å². The largest absolute Gasteiger partial charge is 0.396 e. The van der Waals surface area contributed by atoms with Crippen LogP contribution < -0.4 is 5.32 Å². The van der Waals surface area contributed by atoms with Crippen molar-refractivity contribution in [2.24, 2.45) is 5.92 Å². The molecule has 1 saturated heterocycles. The molecule has 2 rings (SSSR count). The van der Waals surface area contributed by atoms with Crippen LogP contribution in [0.2, 0.25) is 5.02 Å². The van der Waals surface area contributed by atoms with E-state index in [4.69, 9.17) is 16.7 Å². The van der Waals surface area contributed by atoms with E-state index in [1.54, 1.807) is 11.0 Å². The lowest BCUT2D eigenvalue weighted by molar-refractivity contribution is 0.0785. The molecule has 0 aliphatic carbocycles. The summed E-state index contributed by atoms with van der Waals surface area (Å²) in [6.07, 6.45) is 3.19. The third-order valence-corrected chi connectivity index (χ3v) is 3.86. The number of hydrogen-bond donors (Lipinski definition) is 2. The number of carbonyl (C=O) groups is 1. The third-order valence-electron chi connectivity index (χ3n) is 3.55. The fourth-order valence-corrected chi connectivity index (χ4v) is 2.67. The fourth-order valence-electron chi connectivity index (χ4n) is 2.49. The highest BCUT2D eigenvalue weighted by Gasteiger charge is 2.27. The Hall–Kier alpha value is -1.33. The highest BCUT2D eigenvalue weighted by atomic mass is 35.5. The number of carbonyl (C=O) groups excluding carboxylic acids is 1. The molecule has 20 heavy (non-hydrogen) atoms. The summed E-state index contributed by atoms with van der Waals surface area (Å²) in [4.78, 5) is 18.4. The van der Waals surface area contributed by atoms with Gasteiger partial charge in [0.1, 0.15) is 5.82 Å². The number of rotatable bonds is 5. The molecular weight excluding hydrogens is 278 g/mol. The van der Waals surface area contributed by atoms with Crippen LogP contribution in [0.3, 0.4) is 0 Å². The fraction of sp³-hybridized carbons (Fsp3) is 0.571. The second kappa shape index (κ2) is 6.90. The molecular formula is C14H20ClN3O2. The molecule has 0 aromatic carbocycles. The van der Waals surface area contributed by atoms with Gasteiger partial charge in [-0.25, -0.2) is 4.98 Å². The van der Waals surface area contributed by atoms with E-state index in [2.05, 4.69) is 10.3 Å². The molecule has 5 nitrogen and oxygen atoms in total. The zero-order valence-electron chi connectivity index (χ0n) is 11.6. The molecule has 0 radical (unpaired) electrons. The molecule has 1 unspecified atom stereocenters. The van der Waals surface area contributed by atoms with E-state index < -0.39 is 0 Å². The first-order valence-corrected chi connectivity index (χ1v) is 7.33. The number of anilines is 1. The van der Waals surface area contributed by atoms with Crippen molar-refractivity contribution in [3.63, 3.8) is 0 Å². The number of aliphatic hydroxyl groups is 1. The van der Waals surface area contributed by atoms with E-state index in [0.717, 1.165) is 25.9 Å². The third kappa shape index (κ3) is 3.41. The Labute approximate surface area is 123 Å². The van der Waals surface area contributed by atoms with Crippen molar-refractivity contribution in [2.75, 3.05) is 31.6 Å². The van der Waals surface area contributed by atoms with E-state index in [0.29, 0.717) is 28.9 Å². The predicted octanol–water partition coefficient (Wildman–Crippen LogP) is 2.01. The highest BCUT2D eigenvalue weighted by molar-refractivity contribution is 6.33. The zero-order chi connectivity index (χ0) is 14.5. The van der Waals surface area contributed by atoms with Gasteiger partial charge in [-0.3, -0.25) is 4.79 Å². The smallest absolute Gasteiger partial charge is 0.255 e. The molecule has 110 valence electrons. The number of nitrogens with one attached hydrogen (secondary N) is 1. The quantitative estimate of drug-likeness (QED) is 0.872. The van der Waals surface area contributed by atoms with Crippen molar-refractivity contribution in [3.05, 3.63) is 22.8 Å². The van der Waals surface area contributed by atoms with E-state index in [9.17, 15) is 4.79 Å². The van der Waals surface area contributed by atoms with Crippen LogP contribution in [-0.2, 0) is 0 Å². The molecule has 1 aromatic heterocycles. The van der Waals surface area contributed by atoms with Crippen LogP contribution in [0.4, 0.5) is 5.82 Å². The number of amides is 1. The van der Waals surface area contributed by atoms with Gasteiger partial charge in [0.05, 0.1) is 10.6 Å². The van der Waals surface area contributed by atoms with Crippen molar-refractivity contribution in [1.82, 2.24) is 9.88 Å². The minimum absolute atomic E-state index is 0.0583. The van der Waals surface area contributed by atoms with E-state index in [-0.39, 0.29) is 12.5 Å². The molecule has 0 bridgehead atoms. The topological polar surface area (TPSA) is 65.5 Å². The van der Waals surface area contributed by atoms with Crippen LogP contribution in [0.25, 0.3) is 0 Å². The van der Waals surface area contributed by atoms with Crippen LogP contribution in [-0.4, -0.2) is 47.1 Å². The Balaban J connectivity index is 2.11. The van der Waals surface area contributed by atoms with Crippen molar-refractivity contribution in [3.8, 4) is 0 Å². The van der Waals surface area contributed by atoms with Gasteiger partial charge in [0.15, 0.2) is 0 Å². The Kier molecular flexibility index (Phi) is 5.20. The van der Waals surface area contributed by atoms with E-state index in [1.165, 1.54) is 6.20 Å². The number of hydrogen-bond acceptors (Lipinski definition) is 4. The first-order valence-electron chi connectivity index (χ1n) is 6.95. The second-order valence-electron chi connectivity index (χ2n) is 5.00. The summed E-state index contributed by atoms with van der Waals surface area (Å²) < 4.78 is 0. The summed E-state index contributed by atoms with van der Waals surface area (Å²) in [7, 11) is 0. The normalized spacial score (nSPS) is 18.4. The summed E-state index contributed by atoms with van der Waals surface area (Å²) >= 11 is 6.09. The van der Waals surface area contributed by atoms with Crippen molar-refractivity contribution < 1.29 is 9.90 Å². The number of likely N-dealkylation sites (tertiary alicyclic amines) is 1. The first kappa shape index (κ1) is 15.1. The van der Waals surface area contributed by atoms with Gasteiger partial charge in [0, 0.05) is 32.4 Å². The molecule has 6 heteroatoms. The van der Waals surface area contributed by atoms with Crippen molar-refractivity contribution in [2.45, 2.75) is 19.8 Å². The molecule has 0 saturated carbocycles. The minimum atomic E-state index is -0.0583. The number of nitrogens with zero attached hydrogens (tertiary/aromatic N) is 2. The number of aromatic nitrogens is 1. The Bertz CT molecular complexity index is 481. The van der Waals surface area contributed by atoms with Crippen molar-refractivity contribution >= 4 is 23.3 Å². The van der Waals surface area contributed by atoms with Gasteiger partial charge in [0.25, 0.3) is 5.91 Å². The molecule has 1 aromatic rings. The molecule has 1 aliphatic heterocycles. The highest BCUT2D eigenvalue weighted by Crippen LogP contribution is 2.25. The molecule has 1 fully saturated rings. The van der Waals surface area contributed by atoms with Gasteiger partial charge in [-0.15, -0.1) is 0 Å². The zero-order valence-corrected chi connectivity index (χ0v) is 12.4. The number of halogens is 1. The monoisotopic (exact) mass is 297 g/mol. The van der Waals surface area contributed by atoms with Crippen LogP contribution in [0, 0.1) is 5.92 Å². The molecule has 1 aliphatic rings.